The van der Waals surface area contributed by atoms with Crippen LogP contribution < -0.4 is 10.5 Å². The lowest BCUT2D eigenvalue weighted by atomic mass is 10.1. The van der Waals surface area contributed by atoms with E-state index in [0.29, 0.717) is 13.2 Å². The van der Waals surface area contributed by atoms with E-state index >= 15 is 0 Å². The number of hydrogen-bond acceptors (Lipinski definition) is 4. The van der Waals surface area contributed by atoms with Crippen molar-refractivity contribution in [3.63, 3.8) is 0 Å². The average Bonchev–Trinajstić information content (AvgIpc) is 2.90. The van der Waals surface area contributed by atoms with E-state index in [1.165, 1.54) is 5.56 Å². The fourth-order valence-corrected chi connectivity index (χ4v) is 1.59. The van der Waals surface area contributed by atoms with Crippen LogP contribution in [0, 0.1) is 13.8 Å². The van der Waals surface area contributed by atoms with Crippen molar-refractivity contribution in [1.82, 2.24) is 0 Å². The molecule has 2 N–H and O–H groups in total. The van der Waals surface area contributed by atoms with Gasteiger partial charge in [0, 0.05) is 0 Å². The Kier molecular flexibility index (Phi) is 9.26. The number of hydrogen-bond donors (Lipinski definition) is 1. The van der Waals surface area contributed by atoms with Crippen LogP contribution in [0.5, 0.6) is 5.75 Å². The lowest BCUT2D eigenvalue weighted by molar-refractivity contribution is 0.141. The minimum Gasteiger partial charge on any atom is -0.489 e. The van der Waals surface area contributed by atoms with E-state index in [0.717, 1.165) is 11.3 Å². The third-order valence-corrected chi connectivity index (χ3v) is 2.72. The first-order valence-corrected chi connectivity index (χ1v) is 7.32. The van der Waals surface area contributed by atoms with Crippen LogP contribution in [0.15, 0.2) is 23.2 Å². The molecule has 4 nitrogen and oxygen atoms in total. The summed E-state index contributed by atoms with van der Waals surface area (Å²) in [5.41, 5.74) is 7.80. The molecule has 1 aromatic carbocycles. The molecule has 0 bridgehead atoms. The highest BCUT2D eigenvalue weighted by Gasteiger charge is 2.18. The monoisotopic (exact) mass is 280 g/mol. The summed E-state index contributed by atoms with van der Waals surface area (Å²) in [7, 11) is 0. The molecule has 1 aromatic rings. The van der Waals surface area contributed by atoms with Gasteiger partial charge in [-0.2, -0.15) is 0 Å². The molecular formula is C16H28N2O2. The molecule has 2 rings (SSSR count). The smallest absolute Gasteiger partial charge is 0.282 e. The topological polar surface area (TPSA) is 56.8 Å². The van der Waals surface area contributed by atoms with E-state index in [1.807, 2.05) is 46.8 Å². The number of aryl methyl sites for hydroxylation is 1. The van der Waals surface area contributed by atoms with E-state index in [2.05, 4.69) is 18.0 Å². The largest absolute Gasteiger partial charge is 0.489 e. The Bertz CT molecular complexity index is 417. The van der Waals surface area contributed by atoms with E-state index in [4.69, 9.17) is 15.2 Å². The molecule has 0 aliphatic carbocycles. The predicted molar refractivity (Wildman–Crippen MR) is 85.5 cm³/mol. The lowest BCUT2D eigenvalue weighted by Crippen LogP contribution is -2.24. The maximum absolute atomic E-state index is 5.70. The van der Waals surface area contributed by atoms with Crippen LogP contribution in [-0.2, 0) is 4.74 Å². The molecule has 4 heteroatoms. The SMILES string of the molecule is CC.CC.Cc1cccc(OCC2CN=C(N)O2)c1C. The van der Waals surface area contributed by atoms with Crippen molar-refractivity contribution < 1.29 is 9.47 Å². The Morgan fingerprint density at radius 2 is 1.90 bits per heavy atom. The summed E-state index contributed by atoms with van der Waals surface area (Å²) in [6.45, 7) is 13.2. The number of nitrogens with two attached hydrogens (primary N) is 1. The van der Waals surface area contributed by atoms with Crippen LogP contribution in [0.1, 0.15) is 38.8 Å². The molecule has 0 radical (unpaired) electrons. The molecule has 1 aliphatic rings. The van der Waals surface area contributed by atoms with Crippen molar-refractivity contribution in [2.45, 2.75) is 47.6 Å². The number of nitrogens with zero attached hydrogens (tertiary/aromatic N) is 1. The molecule has 1 aliphatic heterocycles. The summed E-state index contributed by atoms with van der Waals surface area (Å²) in [5, 5.41) is 0. The Labute approximate surface area is 123 Å². The van der Waals surface area contributed by atoms with E-state index < -0.39 is 0 Å². The Balaban J connectivity index is 0.000000829. The van der Waals surface area contributed by atoms with Crippen molar-refractivity contribution in [1.29, 1.82) is 0 Å². The zero-order valence-corrected chi connectivity index (χ0v) is 13.6. The molecular weight excluding hydrogens is 252 g/mol. The van der Waals surface area contributed by atoms with Crippen molar-refractivity contribution in [3.05, 3.63) is 29.3 Å². The number of ether oxygens (including phenoxy) is 2. The summed E-state index contributed by atoms with van der Waals surface area (Å²) in [5.74, 6) is 0.897. The van der Waals surface area contributed by atoms with Gasteiger partial charge in [0.1, 0.15) is 12.4 Å². The van der Waals surface area contributed by atoms with Crippen LogP contribution in [-0.4, -0.2) is 25.3 Å². The predicted octanol–water partition coefficient (Wildman–Crippen LogP) is 3.45. The molecule has 0 amide bonds. The summed E-state index contributed by atoms with van der Waals surface area (Å²) in [4.78, 5) is 3.96. The van der Waals surface area contributed by atoms with Crippen LogP contribution in [0.3, 0.4) is 0 Å². The zero-order chi connectivity index (χ0) is 15.5. The maximum atomic E-state index is 5.70. The number of aliphatic imine (C=N–C) groups is 1. The fraction of sp³-hybridized carbons (Fsp3) is 0.562. The van der Waals surface area contributed by atoms with Gasteiger partial charge in [0.15, 0.2) is 6.10 Å². The highest BCUT2D eigenvalue weighted by molar-refractivity contribution is 5.73. The molecule has 0 fully saturated rings. The highest BCUT2D eigenvalue weighted by Crippen LogP contribution is 2.21. The first kappa shape index (κ1) is 18.3. The van der Waals surface area contributed by atoms with Crippen LogP contribution in [0.25, 0.3) is 0 Å². The van der Waals surface area contributed by atoms with E-state index in [1.54, 1.807) is 0 Å². The molecule has 0 aromatic heterocycles. The second kappa shape index (κ2) is 10.1. The van der Waals surface area contributed by atoms with Gasteiger partial charge in [0.05, 0.1) is 6.54 Å². The quantitative estimate of drug-likeness (QED) is 0.922. The van der Waals surface area contributed by atoms with Crippen molar-refractivity contribution in [2.75, 3.05) is 13.2 Å². The summed E-state index contributed by atoms with van der Waals surface area (Å²) in [6, 6.07) is 6.27. The Hall–Kier alpha value is -1.71. The number of amidine groups is 1. The van der Waals surface area contributed by atoms with Gasteiger partial charge >= 0.3 is 0 Å². The number of rotatable bonds is 3. The van der Waals surface area contributed by atoms with E-state index in [9.17, 15) is 0 Å². The van der Waals surface area contributed by atoms with Crippen molar-refractivity contribution in [2.24, 2.45) is 10.7 Å². The Morgan fingerprint density at radius 1 is 1.25 bits per heavy atom. The van der Waals surface area contributed by atoms with Crippen molar-refractivity contribution >= 4 is 6.02 Å². The maximum Gasteiger partial charge on any atom is 0.282 e. The highest BCUT2D eigenvalue weighted by atomic mass is 16.5. The molecule has 114 valence electrons. The minimum absolute atomic E-state index is 0.0556. The van der Waals surface area contributed by atoms with Gasteiger partial charge in [-0.05, 0) is 31.0 Å². The second-order valence-corrected chi connectivity index (χ2v) is 3.93. The van der Waals surface area contributed by atoms with Crippen LogP contribution in [0.2, 0.25) is 0 Å². The van der Waals surface area contributed by atoms with Gasteiger partial charge in [0.25, 0.3) is 6.02 Å². The van der Waals surface area contributed by atoms with Gasteiger partial charge in [-0.15, -0.1) is 0 Å². The summed E-state index contributed by atoms with van der Waals surface area (Å²) >= 11 is 0. The average molecular weight is 280 g/mol. The first-order valence-electron chi connectivity index (χ1n) is 7.32. The molecule has 0 saturated heterocycles. The second-order valence-electron chi connectivity index (χ2n) is 3.93. The van der Waals surface area contributed by atoms with Crippen LogP contribution >= 0.6 is 0 Å². The molecule has 0 saturated carbocycles. The zero-order valence-electron chi connectivity index (χ0n) is 13.6. The molecule has 0 spiro atoms. The first-order chi connectivity index (χ1) is 9.66. The van der Waals surface area contributed by atoms with Gasteiger partial charge in [0.2, 0.25) is 0 Å². The molecule has 1 heterocycles. The minimum atomic E-state index is -0.0556. The van der Waals surface area contributed by atoms with Crippen molar-refractivity contribution in [3.8, 4) is 5.75 Å². The summed E-state index contributed by atoms with van der Waals surface area (Å²) < 4.78 is 11.0. The van der Waals surface area contributed by atoms with Gasteiger partial charge in [-0.3, -0.25) is 0 Å². The molecule has 1 atom stereocenters. The van der Waals surface area contributed by atoms with Gasteiger partial charge in [-0.1, -0.05) is 39.8 Å². The van der Waals surface area contributed by atoms with Gasteiger partial charge < -0.3 is 15.2 Å². The third-order valence-electron chi connectivity index (χ3n) is 2.72. The molecule has 20 heavy (non-hydrogen) atoms. The normalized spacial score (nSPS) is 15.9. The fourth-order valence-electron chi connectivity index (χ4n) is 1.59. The number of benzene rings is 1. The molecule has 1 unspecified atom stereocenters. The standard InChI is InChI=1S/C12H16N2O2.2C2H6/c1-8-4-3-5-11(9(8)2)15-7-10-6-14-12(13)16-10;2*1-2/h3-5,10H,6-7H2,1-2H3,(H2,13,14);2*1-2H3. The third kappa shape index (κ3) is 5.51. The lowest BCUT2D eigenvalue weighted by Gasteiger charge is -2.14. The van der Waals surface area contributed by atoms with Crippen LogP contribution in [0.4, 0.5) is 0 Å². The summed E-state index contributed by atoms with van der Waals surface area (Å²) in [6.07, 6.45) is -0.0556. The van der Waals surface area contributed by atoms with E-state index in [-0.39, 0.29) is 12.1 Å². The van der Waals surface area contributed by atoms with Gasteiger partial charge in [-0.25, -0.2) is 4.99 Å². The Morgan fingerprint density at radius 3 is 2.45 bits per heavy atom.